The number of anilines is 1. The second-order valence-electron chi connectivity index (χ2n) is 29.2. The Labute approximate surface area is 715 Å². The predicted molar refractivity (Wildman–Crippen MR) is 432 cm³/mol. The first-order chi connectivity index (χ1) is 58.0. The molecule has 15 atom stereocenters. The summed E-state index contributed by atoms with van der Waals surface area (Å²) >= 11 is 3.52. The van der Waals surface area contributed by atoms with Crippen LogP contribution in [0, 0.1) is 11.8 Å². The zero-order valence-corrected chi connectivity index (χ0v) is 71.2. The predicted octanol–water partition coefficient (Wildman–Crippen LogP) is -6.61. The van der Waals surface area contributed by atoms with Crippen LogP contribution in [0.3, 0.4) is 0 Å². The van der Waals surface area contributed by atoms with Crippen LogP contribution in [-0.2, 0) is 121 Å². The molecule has 6 unspecified atom stereocenters. The van der Waals surface area contributed by atoms with Gasteiger partial charge in [0.25, 0.3) is 5.91 Å². The van der Waals surface area contributed by atoms with Crippen LogP contribution in [0.5, 0.6) is 5.75 Å². The van der Waals surface area contributed by atoms with Crippen molar-refractivity contribution >= 4 is 169 Å². The highest BCUT2D eigenvalue weighted by molar-refractivity contribution is 9.12. The number of carbonyl (C=O) groups is 21. The number of carboxylic acid groups (broad SMARTS) is 2. The van der Waals surface area contributed by atoms with E-state index in [0.717, 1.165) is 36.8 Å². The molecule has 1 aromatic heterocycles. The summed E-state index contributed by atoms with van der Waals surface area (Å²) in [6.07, 6.45) is -2.76. The van der Waals surface area contributed by atoms with Crippen molar-refractivity contribution in [2.24, 2.45) is 11.8 Å². The second kappa shape index (κ2) is 47.3. The number of carbonyl (C=O) groups excluding carboxylic acids is 19. The van der Waals surface area contributed by atoms with Crippen molar-refractivity contribution in [1.29, 1.82) is 0 Å². The van der Waals surface area contributed by atoms with Crippen molar-refractivity contribution in [1.82, 2.24) is 89.6 Å². The van der Waals surface area contributed by atoms with Crippen LogP contribution in [0.25, 0.3) is 10.9 Å². The molecule has 0 saturated carbocycles. The van der Waals surface area contributed by atoms with Crippen LogP contribution < -0.4 is 89.8 Å². The van der Waals surface area contributed by atoms with Gasteiger partial charge in [0, 0.05) is 80.2 Å². The molecule has 1 fully saturated rings. The molecule has 4 aliphatic heterocycles. The Bertz CT molecular complexity index is 4460. The molecule has 674 valence electrons. The van der Waals surface area contributed by atoms with Crippen molar-refractivity contribution in [3.63, 3.8) is 0 Å². The van der Waals surface area contributed by atoms with Crippen LogP contribution in [0.4, 0.5) is 5.69 Å². The van der Waals surface area contributed by atoms with E-state index in [9.17, 15) is 102 Å². The number of carboxylic acids is 2. The number of thioether (sulfide) groups is 1. The van der Waals surface area contributed by atoms with Crippen molar-refractivity contribution in [3.8, 4) is 5.75 Å². The highest BCUT2D eigenvalue weighted by atomic mass is 79.9. The largest absolute Gasteiger partial charge is 0.478 e. The maximum Gasteiger partial charge on any atom is 0.333 e. The van der Waals surface area contributed by atoms with Gasteiger partial charge >= 0.3 is 23.9 Å². The molecule has 123 heavy (non-hydrogen) atoms. The molecule has 1 saturated heterocycles. The van der Waals surface area contributed by atoms with Gasteiger partial charge in [-0.2, -0.15) is 0 Å². The fraction of sp³-hybridized carbons (Fsp3) is 0.560. The molecule has 6 rings (SSSR count). The molecular formula is C75H103BrN18O28S. The van der Waals surface area contributed by atoms with Gasteiger partial charge in [-0.1, -0.05) is 40.5 Å². The van der Waals surface area contributed by atoms with Gasteiger partial charge in [-0.05, 0) is 74.0 Å². The Morgan fingerprint density at radius 3 is 1.73 bits per heavy atom. The summed E-state index contributed by atoms with van der Waals surface area (Å²) in [5.41, 5.74) is -0.953. The highest BCUT2D eigenvalue weighted by Crippen LogP contribution is 2.38. The molecule has 0 aliphatic carbocycles. The van der Waals surface area contributed by atoms with Crippen LogP contribution >= 0.6 is 27.7 Å². The highest BCUT2D eigenvalue weighted by Gasteiger charge is 2.46. The maximum absolute atomic E-state index is 15.1. The second-order valence-corrected chi connectivity index (χ2v) is 31.0. The number of rotatable bonds is 12. The van der Waals surface area contributed by atoms with E-state index in [2.05, 4.69) is 106 Å². The van der Waals surface area contributed by atoms with Gasteiger partial charge < -0.3 is 129 Å². The summed E-state index contributed by atoms with van der Waals surface area (Å²) in [5, 5.41) is 69.0. The number of aliphatic hydroxyl groups is 1. The third kappa shape index (κ3) is 29.8. The first kappa shape index (κ1) is 99.6. The van der Waals surface area contributed by atoms with E-state index in [1.165, 1.54) is 33.8 Å². The monoisotopic (exact) mass is 1810 g/mol. The standard InChI is InChI=1S/C75H103BrN18O28S/c1-11-32(3)57-68(111)80-28-53(99)85-47-31-123-72-41(24-45(65(108)79-29-54(100)91-57)87-71(114)58(33(4)12-2)92-67(110)48-22-39(95)30-94(48)73(115)46(88-66(47)109)27-56(103)119-10)40-23-44-49(26-43(40)89-72)122-75(118)38(9)84-62(105)36(7)82-51(97)14-18-121-20-16-78-70(113)60(93-64(107)42(76)25-55(101)102)59(90-52(98)21-34(5)74(116)117)69(112)77-15-19-120-17-13-50(96)81-35(6)61(104)83-37(8)63(106)86-44/h21,23,25-26,32-33,35-39,45-48,57-60,89,95H,11-20,22,24,27-31H2,1-10H3,(H,77,112)(H,78,113)(H,79,108)(H,80,111)(H,81,96)(H,82,97)(H,83,104)(H,84,105)(H,85,99)(H,86,106)(H,87,114)(H,88,109)(H,90,98)(H,91,100)(H,92,110)(H,93,107)(H,101,102)(H,116,117)/b34-21-,42-25+/t32-,33-,35?,36?,37?,38?,39+,45-,46-,47-,48-,57-,58-,59?,60?/m0/s1. The molecule has 0 spiro atoms. The summed E-state index contributed by atoms with van der Waals surface area (Å²) in [6, 6.07) is -17.8. The minimum Gasteiger partial charge on any atom is -0.478 e. The lowest BCUT2D eigenvalue weighted by Crippen LogP contribution is -2.64. The van der Waals surface area contributed by atoms with E-state index in [0.29, 0.717) is 18.6 Å². The van der Waals surface area contributed by atoms with Crippen molar-refractivity contribution in [2.45, 2.75) is 191 Å². The Morgan fingerprint density at radius 2 is 1.16 bits per heavy atom. The molecule has 2 aromatic rings. The topological polar surface area (TPSA) is 668 Å². The zero-order valence-electron chi connectivity index (χ0n) is 68.8. The Balaban J connectivity index is 1.45. The molecule has 46 nitrogen and oxygen atoms in total. The number of aliphatic hydroxyl groups excluding tert-OH is 1. The Kier molecular flexibility index (Phi) is 38.3. The smallest absolute Gasteiger partial charge is 0.333 e. The van der Waals surface area contributed by atoms with E-state index in [1.54, 1.807) is 27.7 Å². The third-order valence-corrected chi connectivity index (χ3v) is 21.5. The van der Waals surface area contributed by atoms with E-state index < -0.39 is 307 Å². The lowest BCUT2D eigenvalue weighted by molar-refractivity contribution is -0.148. The summed E-state index contributed by atoms with van der Waals surface area (Å²) in [4.78, 5) is 294. The number of hydrogen-bond acceptors (Lipinski definition) is 27. The quantitative estimate of drug-likeness (QED) is 0.0534. The number of aromatic nitrogens is 1. The number of aromatic amines is 1. The van der Waals surface area contributed by atoms with Crippen molar-refractivity contribution < 1.29 is 135 Å². The number of benzene rings is 1. The first-order valence-corrected chi connectivity index (χ1v) is 40.8. The normalized spacial score (nSPS) is 26.3. The number of amides is 17. The van der Waals surface area contributed by atoms with Crippen molar-refractivity contribution in [2.75, 3.05) is 77.3 Å². The van der Waals surface area contributed by atoms with E-state index >= 15 is 14.4 Å². The SMILES string of the molecule is CC[C@H](C)[C@@H]1NC(=O)CNC(=O)[C@@H]2Cc3c([nH]c4cc5c(cc34)NC(=O)C(C)NC(=O)C(C)NC(=O)CCOCCNC(=O)C(NC(=O)/C=C(/C)C(=O)O)C(NC(=O)/C(Br)=C\C(=O)O)C(=O)NCCOCCC(=O)NC(C)C(=O)NC(C)C(=O)O5)SC[C@H](NC(=O)CNC1=O)C(=O)N[C@@H](CC(=O)OC)C(=O)N1C[C@H](O)C[C@H]1C(=O)N[C@@H]([C@@H](C)CC)C(=O)N2. The lowest BCUT2D eigenvalue weighted by atomic mass is 9.96. The van der Waals surface area contributed by atoms with Gasteiger partial charge in [0.15, 0.2) is 5.75 Å². The summed E-state index contributed by atoms with van der Waals surface area (Å²) in [5.74, 6) is -25.6. The molecule has 0 radical (unpaired) electrons. The molecule has 4 aliphatic rings. The third-order valence-electron chi connectivity index (χ3n) is 19.7. The van der Waals surface area contributed by atoms with E-state index in [-0.39, 0.29) is 54.3 Å². The zero-order chi connectivity index (χ0) is 91.4. The number of esters is 2. The number of ether oxygens (including phenoxy) is 4. The van der Waals surface area contributed by atoms with Gasteiger partial charge in [-0.25, -0.2) is 14.4 Å². The van der Waals surface area contributed by atoms with E-state index in [4.69, 9.17) is 18.9 Å². The molecule has 48 heteroatoms. The molecule has 20 N–H and O–H groups in total. The first-order valence-electron chi connectivity index (χ1n) is 39.0. The fourth-order valence-corrected chi connectivity index (χ4v) is 13.8. The van der Waals surface area contributed by atoms with Gasteiger partial charge in [-0.3, -0.25) is 86.3 Å². The molecular weight excluding hydrogens is 1710 g/mol. The lowest BCUT2D eigenvalue weighted by Gasteiger charge is -2.32. The average molecular weight is 1820 g/mol. The molecule has 2 bridgehead atoms. The number of hydrogen-bond donors (Lipinski definition) is 20. The minimum absolute atomic E-state index is 0.0115. The number of fused-ring (bicyclic) bond motifs is 6. The van der Waals surface area contributed by atoms with E-state index in [1.807, 2.05) is 0 Å². The van der Waals surface area contributed by atoms with Crippen LogP contribution in [0.15, 0.2) is 39.4 Å². The summed E-state index contributed by atoms with van der Waals surface area (Å²) < 4.78 is 21.2. The van der Waals surface area contributed by atoms with Crippen LogP contribution in [0.2, 0.25) is 0 Å². The van der Waals surface area contributed by atoms with Crippen LogP contribution in [-0.4, -0.2) is 300 Å². The summed E-state index contributed by atoms with van der Waals surface area (Å²) in [7, 11) is 0.991. The fourth-order valence-electron chi connectivity index (χ4n) is 12.4. The van der Waals surface area contributed by atoms with Gasteiger partial charge in [0.05, 0.1) is 79.9 Å². The van der Waals surface area contributed by atoms with Crippen molar-refractivity contribution in [3.05, 3.63) is 39.9 Å². The van der Waals surface area contributed by atoms with Crippen LogP contribution in [0.1, 0.15) is 106 Å². The Hall–Kier alpha value is -12.2. The Morgan fingerprint density at radius 1 is 0.610 bits per heavy atom. The number of nitrogens with zero attached hydrogens (tertiary/aromatic N) is 1. The van der Waals surface area contributed by atoms with Gasteiger partial charge in [-0.15, -0.1) is 11.8 Å². The number of H-pyrrole nitrogens is 1. The summed E-state index contributed by atoms with van der Waals surface area (Å²) in [6.45, 7) is 7.85. The maximum atomic E-state index is 15.1. The number of nitrogens with one attached hydrogen (secondary N) is 17. The number of aliphatic carboxylic acids is 2. The average Bonchev–Trinajstić information content (AvgIpc) is 1.64. The molecule has 1 aromatic carbocycles. The minimum atomic E-state index is -2.11. The molecule has 17 amide bonds. The molecule has 5 heterocycles. The van der Waals surface area contributed by atoms with Gasteiger partial charge in [0.2, 0.25) is 94.5 Å². The number of methoxy groups -OCH3 is 1. The van der Waals surface area contributed by atoms with Gasteiger partial charge in [0.1, 0.15) is 72.5 Å². The number of halogens is 1.